The van der Waals surface area contributed by atoms with Gasteiger partial charge in [0.2, 0.25) is 11.8 Å². The second-order valence-corrected chi connectivity index (χ2v) is 8.54. The Balaban J connectivity index is 1.45. The lowest BCUT2D eigenvalue weighted by molar-refractivity contribution is -0.131. The summed E-state index contributed by atoms with van der Waals surface area (Å²) in [6.07, 6.45) is 2.01. The van der Waals surface area contributed by atoms with Gasteiger partial charge in [0, 0.05) is 18.8 Å². The quantitative estimate of drug-likeness (QED) is 0.795. The summed E-state index contributed by atoms with van der Waals surface area (Å²) in [4.78, 5) is 29.0. The van der Waals surface area contributed by atoms with Crippen molar-refractivity contribution in [2.45, 2.75) is 24.1 Å². The maximum Gasteiger partial charge on any atom is 0.238 e. The van der Waals surface area contributed by atoms with Crippen LogP contribution in [-0.4, -0.2) is 47.5 Å². The first-order valence-electron chi connectivity index (χ1n) is 9.54. The second-order valence-electron chi connectivity index (χ2n) is 7.21. The average Bonchev–Trinajstić information content (AvgIpc) is 3.05. The molecule has 0 saturated carbocycles. The molecule has 28 heavy (non-hydrogen) atoms. The van der Waals surface area contributed by atoms with Gasteiger partial charge in [0.25, 0.3) is 0 Å². The third-order valence-electron chi connectivity index (χ3n) is 5.55. The normalized spacial score (nSPS) is 18.5. The fraction of sp³-hybridized carbons (Fsp3) is 0.364. The van der Waals surface area contributed by atoms with Gasteiger partial charge in [-0.05, 0) is 42.7 Å². The first kappa shape index (κ1) is 18.9. The van der Waals surface area contributed by atoms with Gasteiger partial charge in [-0.15, -0.1) is 11.8 Å². The Morgan fingerprint density at radius 3 is 2.39 bits per heavy atom. The molecule has 0 unspecified atom stereocenters. The Bertz CT molecular complexity index is 846. The molecule has 2 saturated heterocycles. The van der Waals surface area contributed by atoms with E-state index >= 15 is 0 Å². The number of carbonyl (C=O) groups is 2. The van der Waals surface area contributed by atoms with E-state index in [1.54, 1.807) is 18.9 Å². The van der Waals surface area contributed by atoms with Crippen molar-refractivity contribution in [2.24, 2.45) is 0 Å². The van der Waals surface area contributed by atoms with E-state index in [4.69, 9.17) is 4.74 Å². The van der Waals surface area contributed by atoms with E-state index < -0.39 is 0 Å². The molecule has 0 atom stereocenters. The maximum absolute atomic E-state index is 12.7. The van der Waals surface area contributed by atoms with Gasteiger partial charge in [-0.3, -0.25) is 14.5 Å². The molecular formula is C22H24N2O3S. The van der Waals surface area contributed by atoms with Crippen LogP contribution in [0.2, 0.25) is 0 Å². The Morgan fingerprint density at radius 2 is 1.75 bits per heavy atom. The van der Waals surface area contributed by atoms with Crippen LogP contribution in [0.5, 0.6) is 5.75 Å². The maximum atomic E-state index is 12.7. The fourth-order valence-electron chi connectivity index (χ4n) is 4.02. The SMILES string of the molecule is COc1ccc(N2C(=O)CSC23CCN(C(=O)Cc2ccccc2)CC3)cc1. The van der Waals surface area contributed by atoms with Gasteiger partial charge in [0.15, 0.2) is 0 Å². The summed E-state index contributed by atoms with van der Waals surface area (Å²) in [6.45, 7) is 1.36. The highest BCUT2D eigenvalue weighted by Gasteiger charge is 2.49. The van der Waals surface area contributed by atoms with Crippen molar-refractivity contribution in [2.75, 3.05) is 30.9 Å². The molecule has 1 spiro atoms. The van der Waals surface area contributed by atoms with Crippen LogP contribution in [-0.2, 0) is 16.0 Å². The fourth-order valence-corrected chi connectivity index (χ4v) is 5.35. The van der Waals surface area contributed by atoms with Gasteiger partial charge < -0.3 is 9.64 Å². The molecule has 6 heteroatoms. The molecule has 2 aliphatic rings. The van der Waals surface area contributed by atoms with Crippen molar-refractivity contribution >= 4 is 29.3 Å². The van der Waals surface area contributed by atoms with Crippen LogP contribution >= 0.6 is 11.8 Å². The lowest BCUT2D eigenvalue weighted by Crippen LogP contribution is -2.53. The van der Waals surface area contributed by atoms with E-state index in [2.05, 4.69) is 0 Å². The molecule has 4 rings (SSSR count). The molecule has 0 bridgehead atoms. The molecule has 146 valence electrons. The van der Waals surface area contributed by atoms with Crippen molar-refractivity contribution in [1.29, 1.82) is 0 Å². The highest BCUT2D eigenvalue weighted by atomic mass is 32.2. The number of benzene rings is 2. The van der Waals surface area contributed by atoms with E-state index in [1.807, 2.05) is 64.4 Å². The predicted octanol–water partition coefficient (Wildman–Crippen LogP) is 3.34. The number of hydrogen-bond donors (Lipinski definition) is 0. The molecule has 2 heterocycles. The van der Waals surface area contributed by atoms with Crippen LogP contribution in [0.4, 0.5) is 5.69 Å². The molecular weight excluding hydrogens is 372 g/mol. The molecule has 2 fully saturated rings. The molecule has 2 aromatic carbocycles. The lowest BCUT2D eigenvalue weighted by atomic mass is 10.00. The van der Waals surface area contributed by atoms with Gasteiger partial charge in [0.1, 0.15) is 5.75 Å². The van der Waals surface area contributed by atoms with Crippen LogP contribution in [0.1, 0.15) is 18.4 Å². The van der Waals surface area contributed by atoms with Crippen molar-refractivity contribution in [3.8, 4) is 5.75 Å². The minimum absolute atomic E-state index is 0.138. The number of piperidine rings is 1. The summed E-state index contributed by atoms with van der Waals surface area (Å²) in [6, 6.07) is 17.5. The van der Waals surface area contributed by atoms with E-state index in [0.29, 0.717) is 25.3 Å². The standard InChI is InChI=1S/C22H24N2O3S/c1-27-19-9-7-18(8-10-19)24-21(26)16-28-22(24)11-13-23(14-12-22)20(25)15-17-5-3-2-4-6-17/h2-10H,11-16H2,1H3. The zero-order valence-electron chi connectivity index (χ0n) is 16.0. The van der Waals surface area contributed by atoms with Gasteiger partial charge in [-0.25, -0.2) is 0 Å². The summed E-state index contributed by atoms with van der Waals surface area (Å²) in [7, 11) is 1.63. The molecule has 2 aromatic rings. The second kappa shape index (κ2) is 7.87. The van der Waals surface area contributed by atoms with E-state index in [9.17, 15) is 9.59 Å². The smallest absolute Gasteiger partial charge is 0.238 e. The number of amides is 2. The molecule has 2 aliphatic heterocycles. The first-order valence-corrected chi connectivity index (χ1v) is 10.5. The number of rotatable bonds is 4. The summed E-state index contributed by atoms with van der Waals surface area (Å²) in [5, 5.41) is 0. The van der Waals surface area contributed by atoms with Crippen LogP contribution in [0.25, 0.3) is 0 Å². The summed E-state index contributed by atoms with van der Waals surface area (Å²) in [5.41, 5.74) is 1.94. The number of carbonyl (C=O) groups excluding carboxylic acids is 2. The van der Waals surface area contributed by atoms with Gasteiger partial charge in [-0.1, -0.05) is 30.3 Å². The largest absolute Gasteiger partial charge is 0.497 e. The number of anilines is 1. The van der Waals surface area contributed by atoms with E-state index in [0.717, 1.165) is 29.8 Å². The number of likely N-dealkylation sites (tertiary alicyclic amines) is 1. The molecule has 0 aromatic heterocycles. The summed E-state index contributed by atoms with van der Waals surface area (Å²) >= 11 is 1.71. The topological polar surface area (TPSA) is 49.9 Å². The molecule has 0 radical (unpaired) electrons. The highest BCUT2D eigenvalue weighted by molar-refractivity contribution is 8.02. The lowest BCUT2D eigenvalue weighted by Gasteiger charge is -2.44. The van der Waals surface area contributed by atoms with Crippen LogP contribution in [0.3, 0.4) is 0 Å². The first-order chi connectivity index (χ1) is 13.6. The Kier molecular flexibility index (Phi) is 5.31. The van der Waals surface area contributed by atoms with Crippen LogP contribution in [0, 0.1) is 0 Å². The Labute approximate surface area is 169 Å². The van der Waals surface area contributed by atoms with Gasteiger partial charge in [-0.2, -0.15) is 0 Å². The van der Waals surface area contributed by atoms with Crippen LogP contribution in [0.15, 0.2) is 54.6 Å². The number of ether oxygens (including phenoxy) is 1. The van der Waals surface area contributed by atoms with E-state index in [-0.39, 0.29) is 16.7 Å². The van der Waals surface area contributed by atoms with Gasteiger partial charge >= 0.3 is 0 Å². The monoisotopic (exact) mass is 396 g/mol. The van der Waals surface area contributed by atoms with Crippen molar-refractivity contribution in [3.63, 3.8) is 0 Å². The minimum atomic E-state index is -0.255. The number of methoxy groups -OCH3 is 1. The van der Waals surface area contributed by atoms with Crippen molar-refractivity contribution < 1.29 is 14.3 Å². The Hall–Kier alpha value is -2.47. The minimum Gasteiger partial charge on any atom is -0.497 e. The molecule has 2 amide bonds. The zero-order valence-corrected chi connectivity index (χ0v) is 16.8. The highest BCUT2D eigenvalue weighted by Crippen LogP contribution is 2.47. The predicted molar refractivity (Wildman–Crippen MR) is 112 cm³/mol. The van der Waals surface area contributed by atoms with Crippen molar-refractivity contribution in [3.05, 3.63) is 60.2 Å². The van der Waals surface area contributed by atoms with Gasteiger partial charge in [0.05, 0.1) is 24.2 Å². The number of hydrogen-bond acceptors (Lipinski definition) is 4. The van der Waals surface area contributed by atoms with E-state index in [1.165, 1.54) is 0 Å². The van der Waals surface area contributed by atoms with Crippen LogP contribution < -0.4 is 9.64 Å². The number of thioether (sulfide) groups is 1. The van der Waals surface area contributed by atoms with Crippen molar-refractivity contribution in [1.82, 2.24) is 4.90 Å². The molecule has 5 nitrogen and oxygen atoms in total. The molecule has 0 N–H and O–H groups in total. The third-order valence-corrected chi connectivity index (χ3v) is 7.07. The summed E-state index contributed by atoms with van der Waals surface area (Å²) in [5.74, 6) is 1.56. The summed E-state index contributed by atoms with van der Waals surface area (Å²) < 4.78 is 5.23. The Morgan fingerprint density at radius 1 is 1.07 bits per heavy atom. The third kappa shape index (κ3) is 3.61. The average molecular weight is 397 g/mol. The number of nitrogens with zero attached hydrogens (tertiary/aromatic N) is 2. The molecule has 0 aliphatic carbocycles. The zero-order chi connectivity index (χ0) is 19.6.